The second-order valence-electron chi connectivity index (χ2n) is 12.3. The molecule has 230 valence electrons. The summed E-state index contributed by atoms with van der Waals surface area (Å²) in [6.45, 7) is 0. The van der Waals surface area contributed by atoms with Crippen molar-refractivity contribution >= 4 is 43.6 Å². The van der Waals surface area contributed by atoms with Crippen LogP contribution in [-0.4, -0.2) is 23.9 Å². The van der Waals surface area contributed by atoms with Crippen molar-refractivity contribution in [1.82, 2.24) is 23.9 Å². The minimum atomic E-state index is 0.675. The van der Waals surface area contributed by atoms with Gasteiger partial charge < -0.3 is 9.13 Å². The molecule has 0 fully saturated rings. The van der Waals surface area contributed by atoms with Crippen LogP contribution in [0.4, 0.5) is 0 Å². The third-order valence-electron chi connectivity index (χ3n) is 9.50. The summed E-state index contributed by atoms with van der Waals surface area (Å²) in [5, 5.41) is 10.0. The lowest BCUT2D eigenvalue weighted by Crippen LogP contribution is -2.00. The van der Waals surface area contributed by atoms with E-state index >= 15 is 0 Å². The van der Waals surface area contributed by atoms with Crippen LogP contribution in [0.3, 0.4) is 0 Å². The van der Waals surface area contributed by atoms with Gasteiger partial charge in [0.25, 0.3) is 0 Å². The largest absolute Gasteiger partial charge is 0.309 e. The van der Waals surface area contributed by atoms with Gasteiger partial charge in [-0.25, -0.2) is 9.67 Å². The summed E-state index contributed by atoms with van der Waals surface area (Å²) in [4.78, 5) is 5.29. The SMILES string of the molecule is c1ccc(-n2nc(-c3ccc4c5ccccc5n(-c5ccccc5)c4c3)nc2-c2ccc3c4ccccc4n(-c4ccccc4)c3c2)cc1. The van der Waals surface area contributed by atoms with E-state index in [1.807, 2.05) is 22.9 Å². The van der Waals surface area contributed by atoms with Crippen molar-refractivity contribution in [2.75, 3.05) is 0 Å². The second kappa shape index (κ2) is 10.9. The molecule has 10 rings (SSSR count). The molecule has 0 atom stereocenters. The molecular formula is C44H29N5. The average Bonchev–Trinajstić information content (AvgIpc) is 3.86. The number of para-hydroxylation sites is 5. The average molecular weight is 628 g/mol. The van der Waals surface area contributed by atoms with E-state index in [1.165, 1.54) is 32.6 Å². The molecule has 0 aliphatic rings. The van der Waals surface area contributed by atoms with Crippen LogP contribution in [0.5, 0.6) is 0 Å². The number of nitrogens with zero attached hydrogens (tertiary/aromatic N) is 5. The molecule has 0 aliphatic heterocycles. The Morgan fingerprint density at radius 3 is 1.33 bits per heavy atom. The Balaban J connectivity index is 1.20. The van der Waals surface area contributed by atoms with E-state index in [9.17, 15) is 0 Å². The van der Waals surface area contributed by atoms with Crippen molar-refractivity contribution in [3.05, 3.63) is 176 Å². The minimum Gasteiger partial charge on any atom is -0.309 e. The van der Waals surface area contributed by atoms with Crippen LogP contribution in [0.15, 0.2) is 176 Å². The Morgan fingerprint density at radius 2 is 0.776 bits per heavy atom. The van der Waals surface area contributed by atoms with Gasteiger partial charge in [-0.05, 0) is 60.7 Å². The zero-order valence-corrected chi connectivity index (χ0v) is 26.5. The molecule has 5 heteroatoms. The molecule has 10 aromatic rings. The molecule has 0 unspecified atom stereocenters. The highest BCUT2D eigenvalue weighted by Crippen LogP contribution is 2.37. The number of hydrogen-bond acceptors (Lipinski definition) is 2. The molecule has 0 aliphatic carbocycles. The van der Waals surface area contributed by atoms with E-state index in [2.05, 4.69) is 167 Å². The highest BCUT2D eigenvalue weighted by Gasteiger charge is 2.20. The monoisotopic (exact) mass is 627 g/mol. The summed E-state index contributed by atoms with van der Waals surface area (Å²) >= 11 is 0. The summed E-state index contributed by atoms with van der Waals surface area (Å²) < 4.78 is 6.65. The lowest BCUT2D eigenvalue weighted by molar-refractivity contribution is 0.890. The maximum atomic E-state index is 5.29. The lowest BCUT2D eigenvalue weighted by Gasteiger charge is -2.09. The van der Waals surface area contributed by atoms with Crippen LogP contribution in [0.2, 0.25) is 0 Å². The smallest absolute Gasteiger partial charge is 0.182 e. The quantitative estimate of drug-likeness (QED) is 0.190. The molecule has 0 radical (unpaired) electrons. The van der Waals surface area contributed by atoms with E-state index in [1.54, 1.807) is 0 Å². The van der Waals surface area contributed by atoms with E-state index < -0.39 is 0 Å². The first kappa shape index (κ1) is 27.4. The fourth-order valence-corrected chi connectivity index (χ4v) is 7.30. The van der Waals surface area contributed by atoms with Crippen LogP contribution in [0.25, 0.3) is 83.4 Å². The summed E-state index contributed by atoms with van der Waals surface area (Å²) in [6, 6.07) is 61.8. The Morgan fingerprint density at radius 1 is 0.347 bits per heavy atom. The van der Waals surface area contributed by atoms with Crippen LogP contribution in [0.1, 0.15) is 0 Å². The normalized spacial score (nSPS) is 11.7. The van der Waals surface area contributed by atoms with Gasteiger partial charge in [0.05, 0.1) is 27.8 Å². The Labute approximate surface area is 282 Å². The summed E-state index contributed by atoms with van der Waals surface area (Å²) in [7, 11) is 0. The number of fused-ring (bicyclic) bond motifs is 6. The maximum Gasteiger partial charge on any atom is 0.182 e. The molecule has 0 amide bonds. The molecular weight excluding hydrogens is 599 g/mol. The topological polar surface area (TPSA) is 40.6 Å². The van der Waals surface area contributed by atoms with E-state index in [-0.39, 0.29) is 0 Å². The zero-order chi connectivity index (χ0) is 32.3. The summed E-state index contributed by atoms with van der Waals surface area (Å²) in [5.74, 6) is 1.46. The van der Waals surface area contributed by atoms with E-state index in [0.29, 0.717) is 5.82 Å². The van der Waals surface area contributed by atoms with E-state index in [0.717, 1.165) is 45.0 Å². The molecule has 49 heavy (non-hydrogen) atoms. The van der Waals surface area contributed by atoms with Crippen molar-refractivity contribution in [2.45, 2.75) is 0 Å². The first-order valence-corrected chi connectivity index (χ1v) is 16.5. The predicted molar refractivity (Wildman–Crippen MR) is 201 cm³/mol. The maximum absolute atomic E-state index is 5.29. The van der Waals surface area contributed by atoms with Crippen LogP contribution in [-0.2, 0) is 0 Å². The van der Waals surface area contributed by atoms with Gasteiger partial charge >= 0.3 is 0 Å². The summed E-state index contributed by atoms with van der Waals surface area (Å²) in [6.07, 6.45) is 0. The van der Waals surface area contributed by atoms with Gasteiger partial charge in [0.15, 0.2) is 11.6 Å². The fraction of sp³-hybridized carbons (Fsp3) is 0. The van der Waals surface area contributed by atoms with Gasteiger partial charge in [0.1, 0.15) is 0 Å². The Kier molecular flexibility index (Phi) is 6.11. The second-order valence-corrected chi connectivity index (χ2v) is 12.3. The molecule has 3 aromatic heterocycles. The molecule has 0 N–H and O–H groups in total. The summed E-state index contributed by atoms with van der Waals surface area (Å²) in [5.41, 5.74) is 9.75. The van der Waals surface area contributed by atoms with Crippen molar-refractivity contribution in [3.8, 4) is 39.8 Å². The van der Waals surface area contributed by atoms with Crippen molar-refractivity contribution < 1.29 is 0 Å². The fourth-order valence-electron chi connectivity index (χ4n) is 7.30. The van der Waals surface area contributed by atoms with Crippen LogP contribution in [0, 0.1) is 0 Å². The van der Waals surface area contributed by atoms with Crippen molar-refractivity contribution in [1.29, 1.82) is 0 Å². The number of rotatable bonds is 5. The van der Waals surface area contributed by atoms with Gasteiger partial charge in [0, 0.05) is 44.0 Å². The first-order chi connectivity index (χ1) is 24.3. The van der Waals surface area contributed by atoms with Gasteiger partial charge in [-0.2, -0.15) is 0 Å². The van der Waals surface area contributed by atoms with Crippen LogP contribution < -0.4 is 0 Å². The van der Waals surface area contributed by atoms with E-state index in [4.69, 9.17) is 10.1 Å². The third-order valence-corrected chi connectivity index (χ3v) is 9.50. The molecule has 7 aromatic carbocycles. The third kappa shape index (κ3) is 4.33. The molecule has 0 spiro atoms. The molecule has 0 saturated heterocycles. The molecule has 0 saturated carbocycles. The van der Waals surface area contributed by atoms with Gasteiger partial charge in [-0.15, -0.1) is 5.10 Å². The predicted octanol–water partition coefficient (Wildman–Crippen LogP) is 10.8. The molecule has 0 bridgehead atoms. The number of aromatic nitrogens is 5. The zero-order valence-electron chi connectivity index (χ0n) is 26.5. The van der Waals surface area contributed by atoms with Gasteiger partial charge in [-0.3, -0.25) is 0 Å². The highest BCUT2D eigenvalue weighted by atomic mass is 15.4. The van der Waals surface area contributed by atoms with Gasteiger partial charge in [0.2, 0.25) is 0 Å². The molecule has 3 heterocycles. The lowest BCUT2D eigenvalue weighted by atomic mass is 10.1. The molecule has 5 nitrogen and oxygen atoms in total. The van der Waals surface area contributed by atoms with Gasteiger partial charge in [-0.1, -0.05) is 115 Å². The highest BCUT2D eigenvalue weighted by molar-refractivity contribution is 6.11. The Bertz CT molecular complexity index is 2810. The standard InChI is InChI=1S/C44H29N5/c1-4-14-32(15-5-1)47-39-22-12-10-20-35(39)37-26-24-30(28-41(37)47)43-45-44(49(46-43)34-18-8-3-9-19-34)31-25-27-38-36-21-11-13-23-40(36)48(42(38)29-31)33-16-6-2-7-17-33/h1-29H. The van der Waals surface area contributed by atoms with Crippen molar-refractivity contribution in [3.63, 3.8) is 0 Å². The number of benzene rings is 7. The van der Waals surface area contributed by atoms with Crippen molar-refractivity contribution in [2.24, 2.45) is 0 Å². The van der Waals surface area contributed by atoms with Crippen LogP contribution >= 0.6 is 0 Å². The Hall–Kier alpha value is -6.72. The number of hydrogen-bond donors (Lipinski definition) is 0. The first-order valence-electron chi connectivity index (χ1n) is 16.5. The minimum absolute atomic E-state index is 0.675.